The molecule has 2 aromatic rings. The van der Waals surface area contributed by atoms with Crippen LogP contribution in [0.4, 0.5) is 5.69 Å². The van der Waals surface area contributed by atoms with Crippen molar-refractivity contribution in [2.45, 2.75) is 35.0 Å². The van der Waals surface area contributed by atoms with E-state index in [1.807, 2.05) is 12.3 Å². The van der Waals surface area contributed by atoms with Gasteiger partial charge in [-0.2, -0.15) is 0 Å². The Kier molecular flexibility index (Phi) is 7.39. The first-order valence-electron chi connectivity index (χ1n) is 7.93. The number of hydrogen-bond donors (Lipinski definition) is 2. The van der Waals surface area contributed by atoms with Crippen molar-refractivity contribution < 1.29 is 9.72 Å². The van der Waals surface area contributed by atoms with Crippen LogP contribution in [0.15, 0.2) is 32.8 Å². The van der Waals surface area contributed by atoms with Crippen LogP contribution in [-0.4, -0.2) is 34.9 Å². The van der Waals surface area contributed by atoms with Crippen LogP contribution in [0, 0.1) is 17.0 Å². The fraction of sp³-hybridized carbons (Fsp3) is 0.375. The number of halogens is 1. The van der Waals surface area contributed by atoms with E-state index >= 15 is 0 Å². The summed E-state index contributed by atoms with van der Waals surface area (Å²) in [7, 11) is 0. The molecule has 26 heavy (non-hydrogen) atoms. The van der Waals surface area contributed by atoms with Gasteiger partial charge in [0.1, 0.15) is 0 Å². The van der Waals surface area contributed by atoms with Crippen LogP contribution in [0.5, 0.6) is 0 Å². The van der Waals surface area contributed by atoms with Gasteiger partial charge in [0, 0.05) is 35.3 Å². The number of benzene rings is 1. The summed E-state index contributed by atoms with van der Waals surface area (Å²) < 4.78 is 0.742. The van der Waals surface area contributed by atoms with E-state index in [2.05, 4.69) is 15.6 Å². The molecule has 10 heteroatoms. The molecule has 0 unspecified atom stereocenters. The number of carbonyl (C=O) groups excluding carboxylic acids is 1. The minimum absolute atomic E-state index is 0. The molecule has 2 N–H and O–H groups in total. The molecule has 3 rings (SSSR count). The molecule has 1 aromatic carbocycles. The molecule has 1 amide bonds. The smallest absolute Gasteiger partial charge is 0.284 e. The van der Waals surface area contributed by atoms with E-state index in [4.69, 9.17) is 0 Å². The van der Waals surface area contributed by atoms with Crippen LogP contribution in [0.2, 0.25) is 0 Å². The quantitative estimate of drug-likeness (QED) is 0.574. The lowest BCUT2D eigenvalue weighted by Gasteiger charge is -2.23. The fourth-order valence-corrected chi connectivity index (χ4v) is 4.48. The Morgan fingerprint density at radius 3 is 2.92 bits per heavy atom. The zero-order valence-corrected chi connectivity index (χ0v) is 16.5. The normalized spacial score (nSPS) is 16.6. The van der Waals surface area contributed by atoms with E-state index in [0.29, 0.717) is 10.5 Å². The molecule has 1 aliphatic rings. The highest BCUT2D eigenvalue weighted by molar-refractivity contribution is 8.01. The highest BCUT2D eigenvalue weighted by Gasteiger charge is 2.21. The fourth-order valence-electron chi connectivity index (χ4n) is 2.60. The first-order chi connectivity index (χ1) is 12.0. The van der Waals surface area contributed by atoms with Crippen LogP contribution in [0.3, 0.4) is 0 Å². The lowest BCUT2D eigenvalue weighted by molar-refractivity contribution is -0.387. The van der Waals surface area contributed by atoms with Gasteiger partial charge in [0.25, 0.3) is 11.6 Å². The average molecular weight is 415 g/mol. The van der Waals surface area contributed by atoms with E-state index in [1.165, 1.54) is 29.2 Å². The lowest BCUT2D eigenvalue weighted by Crippen LogP contribution is -2.45. The summed E-state index contributed by atoms with van der Waals surface area (Å²) in [5, 5.41) is 19.5. The molecule has 1 aromatic heterocycles. The number of nitrogens with zero attached hydrogens (tertiary/aromatic N) is 2. The van der Waals surface area contributed by atoms with Crippen LogP contribution in [0.1, 0.15) is 28.9 Å². The van der Waals surface area contributed by atoms with Gasteiger partial charge in [-0.3, -0.25) is 14.9 Å². The Hall–Kier alpha value is -1.68. The molecule has 0 radical (unpaired) electrons. The maximum Gasteiger partial charge on any atom is 0.284 e. The molecule has 0 bridgehead atoms. The van der Waals surface area contributed by atoms with Crippen LogP contribution >= 0.6 is 35.5 Å². The summed E-state index contributed by atoms with van der Waals surface area (Å²) in [4.78, 5) is 28.1. The molecule has 0 aliphatic carbocycles. The van der Waals surface area contributed by atoms with Crippen molar-refractivity contribution in [3.8, 4) is 0 Å². The van der Waals surface area contributed by atoms with Crippen molar-refractivity contribution in [2.75, 3.05) is 13.1 Å². The number of aryl methyl sites for hydroxylation is 1. The molecule has 7 nitrogen and oxygen atoms in total. The molecule has 1 saturated heterocycles. The van der Waals surface area contributed by atoms with Gasteiger partial charge in [-0.15, -0.1) is 23.7 Å². The minimum atomic E-state index is -0.457. The van der Waals surface area contributed by atoms with Crippen LogP contribution in [0.25, 0.3) is 0 Å². The molecule has 1 atom stereocenters. The van der Waals surface area contributed by atoms with E-state index < -0.39 is 4.92 Å². The number of rotatable bonds is 5. The van der Waals surface area contributed by atoms with Gasteiger partial charge in [0.2, 0.25) is 0 Å². The van der Waals surface area contributed by atoms with E-state index in [9.17, 15) is 14.9 Å². The lowest BCUT2D eigenvalue weighted by atomic mass is 10.1. The van der Waals surface area contributed by atoms with Gasteiger partial charge in [-0.1, -0.05) is 11.8 Å². The number of nitrogens with one attached hydrogen (secondary N) is 2. The van der Waals surface area contributed by atoms with Crippen molar-refractivity contribution >= 4 is 47.1 Å². The molecular formula is C16H19ClN4O3S2. The number of piperidine rings is 1. The average Bonchev–Trinajstić information content (AvgIpc) is 3.00. The summed E-state index contributed by atoms with van der Waals surface area (Å²) in [6, 6.07) is 4.65. The molecule has 2 heterocycles. The SMILES string of the molecule is Cc1csc(Sc2ccc(C(=O)N[C@H]3CCCNC3)cc2[N+](=O)[O-])n1.Cl. The van der Waals surface area contributed by atoms with Crippen molar-refractivity contribution in [3.05, 3.63) is 45.0 Å². The molecule has 140 valence electrons. The second-order valence-corrected chi connectivity index (χ2v) is 7.96. The van der Waals surface area contributed by atoms with Gasteiger partial charge >= 0.3 is 0 Å². The highest BCUT2D eigenvalue weighted by atomic mass is 35.5. The second-order valence-electron chi connectivity index (χ2n) is 5.81. The van der Waals surface area contributed by atoms with Crippen molar-refractivity contribution in [2.24, 2.45) is 0 Å². The zero-order chi connectivity index (χ0) is 17.8. The van der Waals surface area contributed by atoms with Crippen molar-refractivity contribution in [3.63, 3.8) is 0 Å². The molecule has 0 spiro atoms. The third-order valence-electron chi connectivity index (χ3n) is 3.85. The maximum absolute atomic E-state index is 12.4. The number of thiazole rings is 1. The topological polar surface area (TPSA) is 97.2 Å². The summed E-state index contributed by atoms with van der Waals surface area (Å²) in [5.74, 6) is -0.279. The van der Waals surface area contributed by atoms with Crippen LogP contribution in [-0.2, 0) is 0 Å². The molecule has 1 aliphatic heterocycles. The number of hydrogen-bond acceptors (Lipinski definition) is 7. The predicted octanol–water partition coefficient (Wildman–Crippen LogP) is 3.41. The predicted molar refractivity (Wildman–Crippen MR) is 105 cm³/mol. The Labute approximate surface area is 165 Å². The monoisotopic (exact) mass is 414 g/mol. The van der Waals surface area contributed by atoms with E-state index in [0.717, 1.165) is 36.0 Å². The third kappa shape index (κ3) is 5.16. The first-order valence-corrected chi connectivity index (χ1v) is 9.62. The number of aromatic nitrogens is 1. The van der Waals surface area contributed by atoms with Gasteiger partial charge < -0.3 is 10.6 Å². The first kappa shape index (κ1) is 20.6. The molecule has 1 fully saturated rings. The number of amides is 1. The summed E-state index contributed by atoms with van der Waals surface area (Å²) in [6.45, 7) is 3.56. The zero-order valence-electron chi connectivity index (χ0n) is 14.1. The van der Waals surface area contributed by atoms with Gasteiger partial charge in [-0.25, -0.2) is 4.98 Å². The minimum Gasteiger partial charge on any atom is -0.348 e. The summed E-state index contributed by atoms with van der Waals surface area (Å²) >= 11 is 2.69. The Morgan fingerprint density at radius 1 is 1.50 bits per heavy atom. The molecule has 0 saturated carbocycles. The van der Waals surface area contributed by atoms with Gasteiger partial charge in [-0.05, 0) is 38.4 Å². The van der Waals surface area contributed by atoms with Crippen molar-refractivity contribution in [1.82, 2.24) is 15.6 Å². The number of carbonyl (C=O) groups is 1. The number of nitro groups is 1. The standard InChI is InChI=1S/C16H18N4O3S2.ClH/c1-10-9-24-16(18-10)25-14-5-4-11(7-13(14)20(22)23)15(21)19-12-3-2-6-17-8-12;/h4-5,7,9,12,17H,2-3,6,8H2,1H3,(H,19,21);1H/t12-;/m0./s1. The van der Waals surface area contributed by atoms with Crippen LogP contribution < -0.4 is 10.6 Å². The second kappa shape index (κ2) is 9.31. The Balaban J connectivity index is 0.00000243. The van der Waals surface area contributed by atoms with E-state index in [1.54, 1.807) is 12.1 Å². The molecular weight excluding hydrogens is 396 g/mol. The highest BCUT2D eigenvalue weighted by Crippen LogP contribution is 2.36. The third-order valence-corrected chi connectivity index (χ3v) is 5.97. The number of nitro benzene ring substituents is 1. The van der Waals surface area contributed by atoms with Crippen molar-refractivity contribution in [1.29, 1.82) is 0 Å². The van der Waals surface area contributed by atoms with E-state index in [-0.39, 0.29) is 30.0 Å². The Bertz CT molecular complexity index is 794. The van der Waals surface area contributed by atoms with Gasteiger partial charge in [0.05, 0.1) is 9.82 Å². The summed E-state index contributed by atoms with van der Waals surface area (Å²) in [6.07, 6.45) is 1.92. The summed E-state index contributed by atoms with van der Waals surface area (Å²) in [5.41, 5.74) is 1.11. The maximum atomic E-state index is 12.4. The Morgan fingerprint density at radius 2 is 2.31 bits per heavy atom. The largest absolute Gasteiger partial charge is 0.348 e. The van der Waals surface area contributed by atoms with Gasteiger partial charge in [0.15, 0.2) is 4.34 Å².